The number of nitrogens with zero attached hydrogens (tertiary/aromatic N) is 1. The van der Waals surface area contributed by atoms with Crippen LogP contribution in [0.15, 0.2) is 18.2 Å². The normalized spacial score (nSPS) is 20.5. The number of hydrogen-bond donors (Lipinski definition) is 3. The third-order valence-electron chi connectivity index (χ3n) is 6.24. The number of aliphatic hydroxyl groups excluding tert-OH is 1. The molecule has 3 rings (SSSR count). The fraction of sp³-hybridized carbons (Fsp3) is 0.435. The Morgan fingerprint density at radius 1 is 1.16 bits per heavy atom. The number of halogens is 1. The number of anilines is 1. The summed E-state index contributed by atoms with van der Waals surface area (Å²) in [6.45, 7) is 6.80. The van der Waals surface area contributed by atoms with Crippen LogP contribution in [0.25, 0.3) is 0 Å². The van der Waals surface area contributed by atoms with Crippen LogP contribution in [0, 0.1) is 32.5 Å². The van der Waals surface area contributed by atoms with Gasteiger partial charge in [-0.15, -0.1) is 0 Å². The quantitative estimate of drug-likeness (QED) is 0.503. The first-order valence-corrected chi connectivity index (χ1v) is 10.3. The predicted molar refractivity (Wildman–Crippen MR) is 115 cm³/mol. The summed E-state index contributed by atoms with van der Waals surface area (Å²) in [6, 6.07) is 3.79. The molecule has 0 bridgehead atoms. The molecule has 1 aliphatic carbocycles. The largest absolute Gasteiger partial charge is 0.391 e. The Morgan fingerprint density at radius 2 is 1.84 bits per heavy atom. The lowest BCUT2D eigenvalue weighted by Gasteiger charge is -2.18. The number of aromatic nitrogens is 1. The number of nitrogens with one attached hydrogen (secondary N) is 2. The van der Waals surface area contributed by atoms with Crippen LogP contribution in [0.2, 0.25) is 0 Å². The van der Waals surface area contributed by atoms with Gasteiger partial charge in [-0.25, -0.2) is 4.39 Å². The topological polar surface area (TPSA) is 100 Å². The van der Waals surface area contributed by atoms with Crippen LogP contribution in [0.1, 0.15) is 57.4 Å². The lowest BCUT2D eigenvalue weighted by atomic mass is 10.1. The zero-order valence-corrected chi connectivity index (χ0v) is 18.4. The lowest BCUT2D eigenvalue weighted by molar-refractivity contribution is -0.118. The van der Waals surface area contributed by atoms with Gasteiger partial charge in [0.15, 0.2) is 0 Å². The van der Waals surface area contributed by atoms with E-state index in [0.29, 0.717) is 28.9 Å². The van der Waals surface area contributed by atoms with Gasteiger partial charge in [-0.3, -0.25) is 14.4 Å². The van der Waals surface area contributed by atoms with Crippen LogP contribution >= 0.6 is 0 Å². The van der Waals surface area contributed by atoms with Gasteiger partial charge in [-0.05, 0) is 68.9 Å². The van der Waals surface area contributed by atoms with Gasteiger partial charge in [0.05, 0.1) is 23.4 Å². The highest BCUT2D eigenvalue weighted by Gasteiger charge is 2.35. The van der Waals surface area contributed by atoms with Crippen molar-refractivity contribution >= 4 is 23.3 Å². The van der Waals surface area contributed by atoms with E-state index in [-0.39, 0.29) is 23.0 Å². The highest BCUT2D eigenvalue weighted by atomic mass is 19.1. The molecule has 1 fully saturated rings. The van der Waals surface area contributed by atoms with Crippen molar-refractivity contribution in [3.63, 3.8) is 0 Å². The van der Waals surface area contributed by atoms with E-state index >= 15 is 0 Å². The van der Waals surface area contributed by atoms with Crippen LogP contribution < -0.4 is 10.6 Å². The Bertz CT molecular complexity index is 1060. The third-order valence-corrected chi connectivity index (χ3v) is 6.24. The minimum Gasteiger partial charge on any atom is -0.391 e. The molecule has 166 valence electrons. The van der Waals surface area contributed by atoms with Crippen LogP contribution in [0.3, 0.4) is 0 Å². The molecule has 0 spiro atoms. The minimum absolute atomic E-state index is 0.0600. The number of benzene rings is 1. The Labute approximate surface area is 180 Å². The fourth-order valence-electron chi connectivity index (χ4n) is 4.23. The zero-order chi connectivity index (χ0) is 23.0. The second-order valence-corrected chi connectivity index (χ2v) is 8.37. The smallest absolute Gasteiger partial charge is 0.294 e. The van der Waals surface area contributed by atoms with Crippen molar-refractivity contribution in [3.8, 4) is 0 Å². The van der Waals surface area contributed by atoms with Gasteiger partial charge in [0.25, 0.3) is 17.6 Å². The maximum absolute atomic E-state index is 13.5. The zero-order valence-electron chi connectivity index (χ0n) is 18.4. The van der Waals surface area contributed by atoms with Crippen LogP contribution in [0.5, 0.6) is 0 Å². The van der Waals surface area contributed by atoms with E-state index in [1.807, 2.05) is 6.92 Å². The Hall–Kier alpha value is -3.00. The van der Waals surface area contributed by atoms with E-state index in [0.717, 1.165) is 6.42 Å². The molecule has 0 radical (unpaired) electrons. The molecule has 7 nitrogen and oxygen atoms in total. The van der Waals surface area contributed by atoms with Crippen molar-refractivity contribution in [1.82, 2.24) is 9.88 Å². The number of ketones is 1. The molecule has 1 aliphatic rings. The molecule has 1 saturated carbocycles. The Kier molecular flexibility index (Phi) is 6.31. The van der Waals surface area contributed by atoms with E-state index in [1.54, 1.807) is 27.8 Å². The van der Waals surface area contributed by atoms with E-state index in [4.69, 9.17) is 0 Å². The monoisotopic (exact) mass is 429 g/mol. The summed E-state index contributed by atoms with van der Waals surface area (Å²) in [5.74, 6) is -2.32. The van der Waals surface area contributed by atoms with Gasteiger partial charge in [-0.2, -0.15) is 0 Å². The number of rotatable bonds is 5. The highest BCUT2D eigenvalue weighted by Crippen LogP contribution is 2.27. The summed E-state index contributed by atoms with van der Waals surface area (Å²) in [4.78, 5) is 38.4. The van der Waals surface area contributed by atoms with E-state index < -0.39 is 29.7 Å². The SMILES string of the molecule is Cc1cc(NC(=O)c2c(C)c(C(=O)C(=O)N[C@H]3CC[C@H](C)[C@H]3O)n(C)c2C)ccc1F. The van der Waals surface area contributed by atoms with Gasteiger partial charge in [0, 0.05) is 18.4 Å². The number of aryl methyl sites for hydroxylation is 1. The lowest BCUT2D eigenvalue weighted by Crippen LogP contribution is -2.44. The second kappa shape index (κ2) is 8.63. The molecule has 0 aliphatic heterocycles. The summed E-state index contributed by atoms with van der Waals surface area (Å²) in [5, 5.41) is 15.5. The summed E-state index contributed by atoms with van der Waals surface area (Å²) >= 11 is 0. The van der Waals surface area contributed by atoms with E-state index in [2.05, 4.69) is 10.6 Å². The molecule has 1 aromatic carbocycles. The van der Waals surface area contributed by atoms with Gasteiger partial charge < -0.3 is 20.3 Å². The Morgan fingerprint density at radius 3 is 2.42 bits per heavy atom. The average molecular weight is 429 g/mol. The number of carbonyl (C=O) groups is 3. The van der Waals surface area contributed by atoms with Gasteiger partial charge in [0.2, 0.25) is 0 Å². The van der Waals surface area contributed by atoms with Crippen molar-refractivity contribution in [1.29, 1.82) is 0 Å². The van der Waals surface area contributed by atoms with Crippen molar-refractivity contribution in [2.45, 2.75) is 52.7 Å². The minimum atomic E-state index is -0.803. The number of aliphatic hydroxyl groups is 1. The van der Waals surface area contributed by atoms with Gasteiger partial charge >= 0.3 is 0 Å². The number of Topliss-reactive ketones (excluding diaryl/α,β-unsaturated/α-hetero) is 1. The van der Waals surface area contributed by atoms with Crippen molar-refractivity contribution in [3.05, 3.63) is 52.1 Å². The molecule has 1 heterocycles. The fourth-order valence-corrected chi connectivity index (χ4v) is 4.23. The summed E-state index contributed by atoms with van der Waals surface area (Å²) in [6.07, 6.45) is 0.695. The Balaban J connectivity index is 1.83. The third kappa shape index (κ3) is 4.25. The molecular weight excluding hydrogens is 401 g/mol. The first kappa shape index (κ1) is 22.7. The molecule has 3 atom stereocenters. The van der Waals surface area contributed by atoms with Gasteiger partial charge in [-0.1, -0.05) is 6.92 Å². The molecule has 3 N–H and O–H groups in total. The molecule has 0 saturated heterocycles. The molecule has 31 heavy (non-hydrogen) atoms. The molecule has 2 aromatic rings. The number of carbonyl (C=O) groups excluding carboxylic acids is 3. The van der Waals surface area contributed by atoms with Crippen molar-refractivity contribution in [2.24, 2.45) is 13.0 Å². The summed E-state index contributed by atoms with van der Waals surface area (Å²) < 4.78 is 15.0. The molecule has 8 heteroatoms. The van der Waals surface area contributed by atoms with Crippen molar-refractivity contribution < 1.29 is 23.9 Å². The van der Waals surface area contributed by atoms with Gasteiger partial charge in [0.1, 0.15) is 5.82 Å². The maximum atomic E-state index is 13.5. The first-order chi connectivity index (χ1) is 14.5. The predicted octanol–water partition coefficient (Wildman–Crippen LogP) is 2.80. The van der Waals surface area contributed by atoms with Crippen LogP contribution in [-0.2, 0) is 11.8 Å². The van der Waals surface area contributed by atoms with E-state index in [1.165, 1.54) is 22.8 Å². The molecule has 2 amide bonds. The number of amides is 2. The van der Waals surface area contributed by atoms with E-state index in [9.17, 15) is 23.9 Å². The summed E-state index contributed by atoms with van der Waals surface area (Å²) in [7, 11) is 1.62. The molecule has 1 aromatic heterocycles. The molecular formula is C23H28FN3O4. The standard InChI is InChI=1S/C23H28FN3O4/c1-11-6-9-17(20(11)28)26-23(31)21(29)19-13(3)18(14(4)27(19)5)22(30)25-15-7-8-16(24)12(2)10-15/h7-8,10-11,17,20,28H,6,9H2,1-5H3,(H,25,30)(H,26,31)/t11-,17-,20+/m0/s1. The van der Waals surface area contributed by atoms with Crippen LogP contribution in [-0.4, -0.2) is 39.4 Å². The number of hydrogen-bond acceptors (Lipinski definition) is 4. The summed E-state index contributed by atoms with van der Waals surface area (Å²) in [5.41, 5.74) is 2.15. The first-order valence-electron chi connectivity index (χ1n) is 10.3. The van der Waals surface area contributed by atoms with Crippen LogP contribution in [0.4, 0.5) is 10.1 Å². The average Bonchev–Trinajstić information content (AvgIpc) is 3.14. The second-order valence-electron chi connectivity index (χ2n) is 8.37. The van der Waals surface area contributed by atoms with Crippen molar-refractivity contribution in [2.75, 3.05) is 5.32 Å². The highest BCUT2D eigenvalue weighted by molar-refractivity contribution is 6.43. The molecule has 0 unspecified atom stereocenters. The maximum Gasteiger partial charge on any atom is 0.294 e.